The molecule has 10 nitrogen and oxygen atoms in total. The molecule has 53 heavy (non-hydrogen) atoms. The second kappa shape index (κ2) is 16.2. The molecule has 1 aromatic rings. The largest absolute Gasteiger partial charge is 0.381 e. The van der Waals surface area contributed by atoms with Gasteiger partial charge in [0.25, 0.3) is 5.91 Å². The number of rotatable bonds is 8. The van der Waals surface area contributed by atoms with Gasteiger partial charge in [0, 0.05) is 95.7 Å². The molecule has 7 rings (SSSR count). The van der Waals surface area contributed by atoms with E-state index < -0.39 is 35.6 Å². The van der Waals surface area contributed by atoms with E-state index in [1.807, 2.05) is 9.80 Å². The second-order valence-electron chi connectivity index (χ2n) is 17.7. The summed E-state index contributed by atoms with van der Waals surface area (Å²) in [6.07, 6.45) is 6.80. The van der Waals surface area contributed by atoms with Gasteiger partial charge in [-0.1, -0.05) is 19.9 Å². The predicted octanol–water partition coefficient (Wildman–Crippen LogP) is 4.66. The van der Waals surface area contributed by atoms with Gasteiger partial charge in [-0.15, -0.1) is 0 Å². The number of likely N-dealkylation sites (tertiary alicyclic amines) is 2. The van der Waals surface area contributed by atoms with Crippen molar-refractivity contribution < 1.29 is 32.6 Å². The second-order valence-corrected chi connectivity index (χ2v) is 17.7. The van der Waals surface area contributed by atoms with Gasteiger partial charge < -0.3 is 24.2 Å². The normalized spacial score (nSPS) is 30.7. The van der Waals surface area contributed by atoms with Crippen LogP contribution in [0.15, 0.2) is 18.2 Å². The molecule has 5 saturated heterocycles. The average Bonchev–Trinajstić information content (AvgIpc) is 3.93. The maximum absolute atomic E-state index is 15.6. The molecule has 0 aromatic heterocycles. The molecule has 0 unspecified atom stereocenters. The van der Waals surface area contributed by atoms with Gasteiger partial charge in [0.15, 0.2) is 0 Å². The zero-order chi connectivity index (χ0) is 37.4. The van der Waals surface area contributed by atoms with Crippen molar-refractivity contribution in [3.05, 3.63) is 35.4 Å². The van der Waals surface area contributed by atoms with Crippen molar-refractivity contribution in [1.29, 1.82) is 0 Å². The molecule has 1 aliphatic carbocycles. The quantitative estimate of drug-likeness (QED) is 0.384. The van der Waals surface area contributed by atoms with Gasteiger partial charge in [-0.05, 0) is 88.7 Å². The fourth-order valence-electron chi connectivity index (χ4n) is 10.2. The van der Waals surface area contributed by atoms with E-state index in [-0.39, 0.29) is 47.8 Å². The Bertz CT molecular complexity index is 1460. The summed E-state index contributed by atoms with van der Waals surface area (Å²) in [4.78, 5) is 54.7. The van der Waals surface area contributed by atoms with Crippen LogP contribution in [0.2, 0.25) is 0 Å². The lowest BCUT2D eigenvalue weighted by atomic mass is 9.75. The van der Waals surface area contributed by atoms with E-state index in [1.165, 1.54) is 12.1 Å². The van der Waals surface area contributed by atoms with Gasteiger partial charge in [-0.25, -0.2) is 8.78 Å². The summed E-state index contributed by atoms with van der Waals surface area (Å²) in [6.45, 7) is 14.6. The van der Waals surface area contributed by atoms with E-state index in [4.69, 9.17) is 9.47 Å². The monoisotopic (exact) mass is 741 g/mol. The number of piperazine rings is 1. The molecular formula is C41H61F2N5O5. The summed E-state index contributed by atoms with van der Waals surface area (Å²) in [5.74, 6) is -2.68. The van der Waals surface area contributed by atoms with E-state index in [9.17, 15) is 14.0 Å². The van der Waals surface area contributed by atoms with Crippen molar-refractivity contribution in [1.82, 2.24) is 24.5 Å². The summed E-state index contributed by atoms with van der Waals surface area (Å²) in [7, 11) is 0. The molecule has 12 heteroatoms. The molecule has 3 amide bonds. The van der Waals surface area contributed by atoms with Crippen LogP contribution in [0.3, 0.4) is 0 Å². The minimum atomic E-state index is -0.728. The lowest BCUT2D eigenvalue weighted by molar-refractivity contribution is -0.148. The molecule has 5 aliphatic heterocycles. The summed E-state index contributed by atoms with van der Waals surface area (Å²) >= 11 is 0. The number of amides is 3. The van der Waals surface area contributed by atoms with Crippen LogP contribution in [0.4, 0.5) is 8.78 Å². The van der Waals surface area contributed by atoms with Gasteiger partial charge in [-0.3, -0.25) is 24.2 Å². The first-order valence-corrected chi connectivity index (χ1v) is 20.4. The van der Waals surface area contributed by atoms with Crippen LogP contribution in [0.1, 0.15) is 97.0 Å². The number of ether oxygens (including phenoxy) is 2. The lowest BCUT2D eigenvalue weighted by Gasteiger charge is -2.43. The molecule has 0 spiro atoms. The van der Waals surface area contributed by atoms with Crippen molar-refractivity contribution in [2.45, 2.75) is 128 Å². The first kappa shape index (κ1) is 38.6. The van der Waals surface area contributed by atoms with Crippen molar-refractivity contribution in [3.63, 3.8) is 0 Å². The number of nitrogens with zero attached hydrogens (tertiary/aromatic N) is 5. The Hall–Kier alpha value is -2.67. The fourth-order valence-corrected chi connectivity index (χ4v) is 10.2. The average molecular weight is 742 g/mol. The highest BCUT2D eigenvalue weighted by Crippen LogP contribution is 2.42. The molecule has 294 valence electrons. The summed E-state index contributed by atoms with van der Waals surface area (Å²) in [6, 6.07) is 3.19. The third kappa shape index (κ3) is 8.31. The topological polar surface area (TPSA) is 85.9 Å². The minimum absolute atomic E-state index is 0.0129. The lowest BCUT2D eigenvalue weighted by Crippen LogP contribution is -2.56. The fraction of sp³-hybridized carbons (Fsp3) is 0.780. The first-order valence-electron chi connectivity index (χ1n) is 20.4. The maximum atomic E-state index is 15.6. The highest BCUT2D eigenvalue weighted by Gasteiger charge is 2.52. The third-order valence-electron chi connectivity index (χ3n) is 13.5. The Morgan fingerprint density at radius 1 is 0.868 bits per heavy atom. The number of hydrogen-bond acceptors (Lipinski definition) is 7. The van der Waals surface area contributed by atoms with Crippen LogP contribution in [-0.2, 0) is 23.9 Å². The van der Waals surface area contributed by atoms with E-state index in [1.54, 1.807) is 4.90 Å². The van der Waals surface area contributed by atoms with Crippen molar-refractivity contribution in [2.24, 2.45) is 11.3 Å². The third-order valence-corrected chi connectivity index (χ3v) is 13.5. The van der Waals surface area contributed by atoms with Crippen molar-refractivity contribution in [2.75, 3.05) is 65.6 Å². The number of carbonyl (C=O) groups excluding carboxylic acids is 3. The molecule has 6 fully saturated rings. The summed E-state index contributed by atoms with van der Waals surface area (Å²) in [5.41, 5.74) is 0.537. The van der Waals surface area contributed by atoms with E-state index in [0.717, 1.165) is 64.1 Å². The molecule has 1 saturated carbocycles. The zero-order valence-electron chi connectivity index (χ0n) is 32.3. The van der Waals surface area contributed by atoms with Crippen LogP contribution in [0.25, 0.3) is 0 Å². The summed E-state index contributed by atoms with van der Waals surface area (Å²) in [5, 5.41) is 0. The Balaban J connectivity index is 1.21. The van der Waals surface area contributed by atoms with E-state index >= 15 is 9.18 Å². The van der Waals surface area contributed by atoms with Crippen LogP contribution in [0, 0.1) is 23.0 Å². The summed E-state index contributed by atoms with van der Waals surface area (Å²) < 4.78 is 41.3. The predicted molar refractivity (Wildman–Crippen MR) is 197 cm³/mol. The molecule has 0 bridgehead atoms. The van der Waals surface area contributed by atoms with Crippen LogP contribution in [-0.4, -0.2) is 144 Å². The van der Waals surface area contributed by atoms with Crippen LogP contribution < -0.4 is 0 Å². The first-order chi connectivity index (χ1) is 25.4. The highest BCUT2D eigenvalue weighted by atomic mass is 19.1. The van der Waals surface area contributed by atoms with E-state index in [0.29, 0.717) is 70.4 Å². The number of halogens is 2. The Morgan fingerprint density at radius 3 is 2.23 bits per heavy atom. The highest BCUT2D eigenvalue weighted by molar-refractivity contribution is 5.91. The molecule has 5 atom stereocenters. The Labute approximate surface area is 314 Å². The van der Waals surface area contributed by atoms with Crippen molar-refractivity contribution in [3.8, 4) is 0 Å². The SMILES string of the molecule is CC(C)N1CCN(C(=O)[C@@H]2C[C@H](N(C(=O)[C@@H]3CCCO3)C3CCC(C)(C)CC3)CN2C(=O)[C@@H]2CN(C3CCOCC3)C[C@H]2c2ccc(F)cc2F)CC1. The minimum Gasteiger partial charge on any atom is -0.381 e. The molecule has 0 N–H and O–H groups in total. The maximum Gasteiger partial charge on any atom is 0.252 e. The van der Waals surface area contributed by atoms with Gasteiger partial charge in [0.2, 0.25) is 11.8 Å². The number of carbonyl (C=O) groups is 3. The van der Waals surface area contributed by atoms with Crippen LogP contribution >= 0.6 is 0 Å². The molecule has 6 aliphatic rings. The van der Waals surface area contributed by atoms with Crippen LogP contribution in [0.5, 0.6) is 0 Å². The Morgan fingerprint density at radius 2 is 1.58 bits per heavy atom. The smallest absolute Gasteiger partial charge is 0.252 e. The van der Waals surface area contributed by atoms with Gasteiger partial charge in [0.1, 0.15) is 23.8 Å². The van der Waals surface area contributed by atoms with E-state index in [2.05, 4.69) is 37.5 Å². The molecular weight excluding hydrogens is 680 g/mol. The zero-order valence-corrected chi connectivity index (χ0v) is 32.3. The molecule has 0 radical (unpaired) electrons. The standard InChI is InChI=1S/C41H61F2N5O5/c1-27(2)44-15-17-45(18-16-44)39(50)36-23-31(48(40(51)37-6-5-19-53-37)30-9-13-41(3,4)14-10-30)24-47(36)38(49)34-26-46(29-11-20-52-21-12-29)25-33(34)32-8-7-28(42)22-35(32)43/h7-8,22,27,29-31,33-34,36-37H,5-6,9-21,23-26H2,1-4H3/t31-,33-,34+,36-,37-/m0/s1. The molecule has 5 heterocycles. The van der Waals surface area contributed by atoms with Crippen molar-refractivity contribution >= 4 is 17.7 Å². The van der Waals surface area contributed by atoms with Gasteiger partial charge >= 0.3 is 0 Å². The Kier molecular flexibility index (Phi) is 11.8. The number of benzene rings is 1. The van der Waals surface area contributed by atoms with Gasteiger partial charge in [0.05, 0.1) is 12.0 Å². The van der Waals surface area contributed by atoms with Gasteiger partial charge in [-0.2, -0.15) is 0 Å². The molecule has 1 aromatic carbocycles. The number of hydrogen-bond donors (Lipinski definition) is 0.